The van der Waals surface area contributed by atoms with Crippen LogP contribution in [0, 0.1) is 0 Å². The molecule has 0 saturated heterocycles. The molecule has 0 fully saturated rings. The van der Waals surface area contributed by atoms with Gasteiger partial charge in [0.15, 0.2) is 5.69 Å². The summed E-state index contributed by atoms with van der Waals surface area (Å²) < 4.78 is 39.9. The minimum atomic E-state index is -4.62. The van der Waals surface area contributed by atoms with Gasteiger partial charge in [-0.25, -0.2) is 4.79 Å². The first-order chi connectivity index (χ1) is 11.3. The number of nitrogens with one attached hydrogen (secondary N) is 1. The molecule has 1 aromatic carbocycles. The van der Waals surface area contributed by atoms with Gasteiger partial charge in [-0.15, -0.1) is 0 Å². The fraction of sp³-hybridized carbons (Fsp3) is 0.375. The van der Waals surface area contributed by atoms with Crippen LogP contribution < -0.4 is 5.32 Å². The van der Waals surface area contributed by atoms with Crippen LogP contribution in [0.2, 0.25) is 0 Å². The number of carbonyl (C=O) groups excluding carboxylic acids is 1. The molecule has 2 aromatic rings. The highest BCUT2D eigenvalue weighted by Crippen LogP contribution is 2.36. The summed E-state index contributed by atoms with van der Waals surface area (Å²) in [6, 6.07) is 7.05. The Labute approximate surface area is 137 Å². The van der Waals surface area contributed by atoms with Crippen molar-refractivity contribution >= 4 is 11.7 Å². The second-order valence-electron chi connectivity index (χ2n) is 5.86. The fourth-order valence-corrected chi connectivity index (χ4v) is 3.07. The van der Waals surface area contributed by atoms with Crippen LogP contribution in [0.5, 0.6) is 0 Å². The Kier molecular flexibility index (Phi) is 3.98. The zero-order chi connectivity index (χ0) is 17.5. The molecule has 1 unspecified atom stereocenters. The molecule has 1 heterocycles. The largest absolute Gasteiger partial charge is 0.437 e. The normalized spacial score (nSPS) is 16.8. The average molecular weight is 338 g/mol. The quantitative estimate of drug-likeness (QED) is 0.910. The summed E-state index contributed by atoms with van der Waals surface area (Å²) in [4.78, 5) is 13.9. The first-order valence-electron chi connectivity index (χ1n) is 7.50. The van der Waals surface area contributed by atoms with E-state index in [-0.39, 0.29) is 11.7 Å². The van der Waals surface area contributed by atoms with E-state index in [9.17, 15) is 18.0 Å². The molecule has 0 saturated carbocycles. The van der Waals surface area contributed by atoms with E-state index in [0.29, 0.717) is 0 Å². The lowest BCUT2D eigenvalue weighted by Gasteiger charge is -2.25. The number of alkyl halides is 3. The molecule has 1 atom stereocenters. The van der Waals surface area contributed by atoms with Gasteiger partial charge in [0, 0.05) is 20.3 Å². The number of aryl methyl sites for hydroxylation is 2. The van der Waals surface area contributed by atoms with E-state index in [1.54, 1.807) is 7.05 Å². The molecule has 1 aliphatic rings. The predicted octanol–water partition coefficient (Wildman–Crippen LogP) is 3.59. The van der Waals surface area contributed by atoms with Gasteiger partial charge in [-0.05, 0) is 24.0 Å². The van der Waals surface area contributed by atoms with Gasteiger partial charge in [0.1, 0.15) is 0 Å². The molecule has 128 valence electrons. The average Bonchev–Trinajstić information content (AvgIpc) is 3.09. The van der Waals surface area contributed by atoms with Crippen molar-refractivity contribution < 1.29 is 18.0 Å². The first-order valence-corrected chi connectivity index (χ1v) is 7.50. The van der Waals surface area contributed by atoms with Gasteiger partial charge in [-0.1, -0.05) is 24.3 Å². The molecular formula is C16H17F3N4O. The van der Waals surface area contributed by atoms with Gasteiger partial charge in [0.05, 0.1) is 11.7 Å². The Balaban J connectivity index is 1.79. The van der Waals surface area contributed by atoms with Gasteiger partial charge in [0.25, 0.3) is 0 Å². The van der Waals surface area contributed by atoms with Crippen molar-refractivity contribution in [1.29, 1.82) is 0 Å². The van der Waals surface area contributed by atoms with Crippen LogP contribution in [0.3, 0.4) is 0 Å². The first kappa shape index (κ1) is 16.4. The lowest BCUT2D eigenvalue weighted by molar-refractivity contribution is -0.140. The number of aromatic nitrogens is 2. The number of benzene rings is 1. The predicted molar refractivity (Wildman–Crippen MR) is 82.5 cm³/mol. The number of fused-ring (bicyclic) bond motifs is 1. The third-order valence-corrected chi connectivity index (χ3v) is 4.23. The summed E-state index contributed by atoms with van der Waals surface area (Å²) in [6.45, 7) is 0. The second-order valence-corrected chi connectivity index (χ2v) is 5.86. The van der Waals surface area contributed by atoms with E-state index in [1.165, 1.54) is 17.5 Å². The Morgan fingerprint density at radius 3 is 2.79 bits per heavy atom. The molecule has 0 aliphatic heterocycles. The van der Waals surface area contributed by atoms with Crippen molar-refractivity contribution in [2.75, 3.05) is 12.4 Å². The van der Waals surface area contributed by atoms with E-state index in [2.05, 4.69) is 10.4 Å². The van der Waals surface area contributed by atoms with Gasteiger partial charge in [-0.3, -0.25) is 4.68 Å². The Hall–Kier alpha value is -2.51. The molecule has 0 radical (unpaired) electrons. The molecule has 0 spiro atoms. The van der Waals surface area contributed by atoms with Crippen molar-refractivity contribution in [2.45, 2.75) is 25.1 Å². The highest BCUT2D eigenvalue weighted by Gasteiger charge is 2.38. The Morgan fingerprint density at radius 1 is 1.38 bits per heavy atom. The number of amides is 2. The molecule has 0 bridgehead atoms. The maximum atomic E-state index is 13.0. The minimum Gasteiger partial charge on any atom is -0.321 e. The lowest BCUT2D eigenvalue weighted by atomic mass is 10.1. The molecule has 3 rings (SSSR count). The molecule has 24 heavy (non-hydrogen) atoms. The van der Waals surface area contributed by atoms with E-state index >= 15 is 0 Å². The number of carbonyl (C=O) groups is 1. The number of halogens is 3. The zero-order valence-electron chi connectivity index (χ0n) is 13.3. The van der Waals surface area contributed by atoms with Crippen LogP contribution in [0.25, 0.3) is 0 Å². The van der Waals surface area contributed by atoms with E-state index in [1.807, 2.05) is 24.3 Å². The van der Waals surface area contributed by atoms with Crippen LogP contribution in [0.1, 0.15) is 29.3 Å². The molecule has 8 heteroatoms. The number of anilines is 1. The van der Waals surface area contributed by atoms with Crippen molar-refractivity contribution in [2.24, 2.45) is 7.05 Å². The fourth-order valence-electron chi connectivity index (χ4n) is 3.07. The van der Waals surface area contributed by atoms with Crippen LogP contribution in [0.4, 0.5) is 23.7 Å². The monoisotopic (exact) mass is 338 g/mol. The number of urea groups is 1. The zero-order valence-corrected chi connectivity index (χ0v) is 13.3. The summed E-state index contributed by atoms with van der Waals surface area (Å²) in [5, 5.41) is 5.72. The van der Waals surface area contributed by atoms with Gasteiger partial charge >= 0.3 is 12.2 Å². The number of hydrogen-bond donors (Lipinski definition) is 1. The van der Waals surface area contributed by atoms with E-state index < -0.39 is 17.9 Å². The summed E-state index contributed by atoms with van der Waals surface area (Å²) in [5.41, 5.74) is 0.767. The van der Waals surface area contributed by atoms with Gasteiger partial charge < -0.3 is 10.2 Å². The topological polar surface area (TPSA) is 50.2 Å². The molecule has 1 aromatic heterocycles. The third kappa shape index (κ3) is 2.95. The van der Waals surface area contributed by atoms with Crippen LogP contribution in [0.15, 0.2) is 30.5 Å². The highest BCUT2D eigenvalue weighted by atomic mass is 19.4. The molecule has 2 amide bonds. The Morgan fingerprint density at radius 2 is 2.08 bits per heavy atom. The van der Waals surface area contributed by atoms with Crippen molar-refractivity contribution in [3.63, 3.8) is 0 Å². The number of hydrogen-bond acceptors (Lipinski definition) is 2. The Bertz CT molecular complexity index is 769. The lowest BCUT2D eigenvalue weighted by Crippen LogP contribution is -2.34. The maximum absolute atomic E-state index is 13.0. The third-order valence-electron chi connectivity index (χ3n) is 4.23. The number of rotatable bonds is 2. The van der Waals surface area contributed by atoms with Crippen molar-refractivity contribution in [3.8, 4) is 0 Å². The summed E-state index contributed by atoms with van der Waals surface area (Å²) in [7, 11) is 2.97. The SMILES string of the molecule is CN(C(=O)Nc1cn(C)nc1C(F)(F)F)C1CCc2ccccc21. The maximum Gasteiger partial charge on any atom is 0.437 e. The smallest absolute Gasteiger partial charge is 0.321 e. The van der Waals surface area contributed by atoms with Crippen LogP contribution >= 0.6 is 0 Å². The molecule has 1 N–H and O–H groups in total. The van der Waals surface area contributed by atoms with E-state index in [0.717, 1.165) is 29.3 Å². The minimum absolute atomic E-state index is 0.146. The summed E-state index contributed by atoms with van der Waals surface area (Å²) in [6.07, 6.45) is -1.87. The summed E-state index contributed by atoms with van der Waals surface area (Å²) >= 11 is 0. The molecule has 5 nitrogen and oxygen atoms in total. The van der Waals surface area contributed by atoms with Gasteiger partial charge in [0.2, 0.25) is 0 Å². The standard InChI is InChI=1S/C16H17F3N4O/c1-22-9-12(14(21-22)16(17,18)19)20-15(24)23(2)13-8-7-10-5-3-4-6-11(10)13/h3-6,9,13H,7-8H2,1-2H3,(H,20,24). The second kappa shape index (κ2) is 5.85. The van der Waals surface area contributed by atoms with Crippen molar-refractivity contribution in [3.05, 3.63) is 47.3 Å². The van der Waals surface area contributed by atoms with Crippen LogP contribution in [-0.2, 0) is 19.6 Å². The highest BCUT2D eigenvalue weighted by molar-refractivity contribution is 5.90. The van der Waals surface area contributed by atoms with Crippen molar-refractivity contribution in [1.82, 2.24) is 14.7 Å². The number of nitrogens with zero attached hydrogens (tertiary/aromatic N) is 3. The van der Waals surface area contributed by atoms with Gasteiger partial charge in [-0.2, -0.15) is 18.3 Å². The molecular weight excluding hydrogens is 321 g/mol. The van der Waals surface area contributed by atoms with Crippen LogP contribution in [-0.4, -0.2) is 27.8 Å². The molecule has 1 aliphatic carbocycles. The van der Waals surface area contributed by atoms with E-state index in [4.69, 9.17) is 0 Å². The summed E-state index contributed by atoms with van der Waals surface area (Å²) in [5.74, 6) is 0.